The van der Waals surface area contributed by atoms with Gasteiger partial charge < -0.3 is 15.0 Å². The summed E-state index contributed by atoms with van der Waals surface area (Å²) in [6.45, 7) is 0.706. The predicted octanol–water partition coefficient (Wildman–Crippen LogP) is 3.18. The van der Waals surface area contributed by atoms with Crippen molar-refractivity contribution in [1.29, 1.82) is 0 Å². The molecule has 0 bridgehead atoms. The molecule has 3 rings (SSSR count). The van der Waals surface area contributed by atoms with Crippen LogP contribution in [0.4, 0.5) is 5.82 Å². The lowest BCUT2D eigenvalue weighted by atomic mass is 10.2. The molecule has 0 fully saturated rings. The molecule has 0 aliphatic heterocycles. The number of halogens is 1. The van der Waals surface area contributed by atoms with Crippen molar-refractivity contribution in [3.8, 4) is 5.75 Å². The van der Waals surface area contributed by atoms with Crippen LogP contribution in [-0.2, 0) is 6.54 Å². The SMILES string of the molecule is COc1ccc(CNc2ncnc3[nH]c(I)cc23)cc1. The van der Waals surface area contributed by atoms with E-state index < -0.39 is 0 Å². The summed E-state index contributed by atoms with van der Waals surface area (Å²) in [5, 5.41) is 4.34. The van der Waals surface area contributed by atoms with Gasteiger partial charge in [-0.25, -0.2) is 9.97 Å². The lowest BCUT2D eigenvalue weighted by Crippen LogP contribution is -2.02. The maximum atomic E-state index is 5.15. The van der Waals surface area contributed by atoms with Crippen molar-refractivity contribution in [2.45, 2.75) is 6.54 Å². The Bertz CT molecular complexity index is 724. The van der Waals surface area contributed by atoms with Gasteiger partial charge in [0.15, 0.2) is 0 Å². The Morgan fingerprint density at radius 3 is 2.80 bits per heavy atom. The normalized spacial score (nSPS) is 10.7. The molecule has 20 heavy (non-hydrogen) atoms. The maximum Gasteiger partial charge on any atom is 0.143 e. The zero-order valence-electron chi connectivity index (χ0n) is 10.9. The van der Waals surface area contributed by atoms with Crippen LogP contribution in [0.1, 0.15) is 5.56 Å². The molecule has 2 heterocycles. The second kappa shape index (κ2) is 5.66. The Kier molecular flexibility index (Phi) is 3.72. The minimum Gasteiger partial charge on any atom is -0.497 e. The number of aromatic amines is 1. The van der Waals surface area contributed by atoms with Crippen LogP contribution in [0.2, 0.25) is 0 Å². The van der Waals surface area contributed by atoms with Crippen LogP contribution in [0.25, 0.3) is 11.0 Å². The summed E-state index contributed by atoms with van der Waals surface area (Å²) in [7, 11) is 1.67. The second-order valence-electron chi connectivity index (χ2n) is 4.30. The first-order chi connectivity index (χ1) is 9.76. The van der Waals surface area contributed by atoms with E-state index >= 15 is 0 Å². The molecule has 2 N–H and O–H groups in total. The summed E-state index contributed by atoms with van der Waals surface area (Å²) in [5.74, 6) is 1.70. The van der Waals surface area contributed by atoms with Gasteiger partial charge in [0.2, 0.25) is 0 Å². The van der Waals surface area contributed by atoms with E-state index in [9.17, 15) is 0 Å². The first kappa shape index (κ1) is 13.2. The van der Waals surface area contributed by atoms with E-state index in [1.807, 2.05) is 30.3 Å². The van der Waals surface area contributed by atoms with E-state index in [-0.39, 0.29) is 0 Å². The molecule has 2 aromatic heterocycles. The molecule has 6 heteroatoms. The fraction of sp³-hybridized carbons (Fsp3) is 0.143. The number of nitrogens with zero attached hydrogens (tertiary/aromatic N) is 2. The summed E-state index contributed by atoms with van der Waals surface area (Å²) >= 11 is 2.23. The highest BCUT2D eigenvalue weighted by Crippen LogP contribution is 2.21. The van der Waals surface area contributed by atoms with Crippen molar-refractivity contribution >= 4 is 39.4 Å². The van der Waals surface area contributed by atoms with Crippen LogP contribution < -0.4 is 10.1 Å². The van der Waals surface area contributed by atoms with Crippen LogP contribution >= 0.6 is 22.6 Å². The first-order valence-corrected chi connectivity index (χ1v) is 7.20. The number of fused-ring (bicyclic) bond motifs is 1. The van der Waals surface area contributed by atoms with Crippen molar-refractivity contribution in [2.24, 2.45) is 0 Å². The van der Waals surface area contributed by atoms with Gasteiger partial charge in [-0.15, -0.1) is 0 Å². The molecule has 3 aromatic rings. The molecule has 0 amide bonds. The van der Waals surface area contributed by atoms with Crippen molar-refractivity contribution in [3.05, 3.63) is 45.9 Å². The van der Waals surface area contributed by atoms with Crippen LogP contribution in [0.15, 0.2) is 36.7 Å². The Morgan fingerprint density at radius 1 is 1.25 bits per heavy atom. The van der Waals surface area contributed by atoms with Crippen molar-refractivity contribution in [3.63, 3.8) is 0 Å². The summed E-state index contributed by atoms with van der Waals surface area (Å²) in [6.07, 6.45) is 1.56. The van der Waals surface area contributed by atoms with Gasteiger partial charge in [-0.2, -0.15) is 0 Å². The van der Waals surface area contributed by atoms with Gasteiger partial charge in [0.25, 0.3) is 0 Å². The molecule has 0 saturated heterocycles. The highest BCUT2D eigenvalue weighted by Gasteiger charge is 2.06. The number of ether oxygens (including phenoxy) is 1. The average Bonchev–Trinajstić information content (AvgIpc) is 2.86. The summed E-state index contributed by atoms with van der Waals surface area (Å²) in [6, 6.07) is 10.0. The van der Waals surface area contributed by atoms with Gasteiger partial charge in [0.1, 0.15) is 23.5 Å². The Balaban J connectivity index is 1.79. The number of methoxy groups -OCH3 is 1. The van der Waals surface area contributed by atoms with Gasteiger partial charge in [-0.1, -0.05) is 12.1 Å². The number of hydrogen-bond donors (Lipinski definition) is 2. The average molecular weight is 380 g/mol. The predicted molar refractivity (Wildman–Crippen MR) is 86.9 cm³/mol. The van der Waals surface area contributed by atoms with E-state index in [4.69, 9.17) is 4.74 Å². The molecule has 0 aliphatic rings. The highest BCUT2D eigenvalue weighted by molar-refractivity contribution is 14.1. The molecule has 0 radical (unpaired) electrons. The van der Waals surface area contributed by atoms with Crippen LogP contribution in [0.5, 0.6) is 5.75 Å². The first-order valence-electron chi connectivity index (χ1n) is 6.12. The second-order valence-corrected chi connectivity index (χ2v) is 5.47. The van der Waals surface area contributed by atoms with Gasteiger partial charge in [0, 0.05) is 6.54 Å². The topological polar surface area (TPSA) is 62.8 Å². The van der Waals surface area contributed by atoms with E-state index in [1.165, 1.54) is 5.56 Å². The molecule has 5 nitrogen and oxygen atoms in total. The van der Waals surface area contributed by atoms with E-state index in [0.717, 1.165) is 26.3 Å². The number of hydrogen-bond acceptors (Lipinski definition) is 4. The van der Waals surface area contributed by atoms with Crippen molar-refractivity contribution in [2.75, 3.05) is 12.4 Å². The standard InChI is InChI=1S/C14H13IN4O/c1-20-10-4-2-9(3-5-10)7-16-13-11-6-12(15)19-14(11)18-8-17-13/h2-6,8H,7H2,1H3,(H2,16,17,18,19). The number of nitrogens with one attached hydrogen (secondary N) is 2. The third kappa shape index (κ3) is 2.69. The van der Waals surface area contributed by atoms with Gasteiger partial charge in [0.05, 0.1) is 16.2 Å². The minimum atomic E-state index is 0.706. The maximum absolute atomic E-state index is 5.15. The fourth-order valence-electron chi connectivity index (χ4n) is 1.98. The van der Waals surface area contributed by atoms with Crippen molar-refractivity contribution < 1.29 is 4.74 Å². The van der Waals surface area contributed by atoms with Gasteiger partial charge in [-0.3, -0.25) is 0 Å². The van der Waals surface area contributed by atoms with E-state index in [2.05, 4.69) is 42.9 Å². The largest absolute Gasteiger partial charge is 0.497 e. The van der Waals surface area contributed by atoms with Gasteiger partial charge >= 0.3 is 0 Å². The lowest BCUT2D eigenvalue weighted by molar-refractivity contribution is 0.414. The number of aromatic nitrogens is 3. The number of rotatable bonds is 4. The molecule has 0 unspecified atom stereocenters. The highest BCUT2D eigenvalue weighted by atomic mass is 127. The minimum absolute atomic E-state index is 0.706. The van der Waals surface area contributed by atoms with Crippen LogP contribution in [0.3, 0.4) is 0 Å². The van der Waals surface area contributed by atoms with Crippen molar-refractivity contribution in [1.82, 2.24) is 15.0 Å². The summed E-state index contributed by atoms with van der Waals surface area (Å²) in [4.78, 5) is 11.7. The third-order valence-electron chi connectivity index (χ3n) is 3.01. The molecule has 102 valence electrons. The van der Waals surface area contributed by atoms with Crippen LogP contribution in [0, 0.1) is 3.70 Å². The van der Waals surface area contributed by atoms with Crippen LogP contribution in [-0.4, -0.2) is 22.1 Å². The monoisotopic (exact) mass is 380 g/mol. The molecular formula is C14H13IN4O. The third-order valence-corrected chi connectivity index (χ3v) is 3.59. The number of H-pyrrole nitrogens is 1. The fourth-order valence-corrected chi connectivity index (χ4v) is 2.54. The van der Waals surface area contributed by atoms with Gasteiger partial charge in [-0.05, 0) is 46.4 Å². The Hall–Kier alpha value is -1.83. The Morgan fingerprint density at radius 2 is 2.05 bits per heavy atom. The Labute approximate surface area is 129 Å². The molecule has 0 spiro atoms. The quantitative estimate of drug-likeness (QED) is 0.683. The summed E-state index contributed by atoms with van der Waals surface area (Å²) < 4.78 is 6.19. The molecule has 1 aromatic carbocycles. The zero-order valence-corrected chi connectivity index (χ0v) is 13.0. The molecule has 0 saturated carbocycles. The molecular weight excluding hydrogens is 367 g/mol. The van der Waals surface area contributed by atoms with E-state index in [0.29, 0.717) is 6.54 Å². The molecule has 0 atom stereocenters. The zero-order chi connectivity index (χ0) is 13.9. The van der Waals surface area contributed by atoms with E-state index in [1.54, 1.807) is 13.4 Å². The lowest BCUT2D eigenvalue weighted by Gasteiger charge is -2.07. The number of benzene rings is 1. The summed E-state index contributed by atoms with van der Waals surface area (Å²) in [5.41, 5.74) is 2.02. The molecule has 0 aliphatic carbocycles. The number of anilines is 1. The smallest absolute Gasteiger partial charge is 0.143 e.